The van der Waals surface area contributed by atoms with E-state index >= 15 is 0 Å². The Balaban J connectivity index is 1.54. The molecule has 5 heterocycles. The summed E-state index contributed by atoms with van der Waals surface area (Å²) in [4.78, 5) is 24.8. The van der Waals surface area contributed by atoms with Gasteiger partial charge in [0.05, 0.1) is 22.1 Å². The summed E-state index contributed by atoms with van der Waals surface area (Å²) >= 11 is 12.8. The normalized spacial score (nSPS) is 27.0. The zero-order valence-electron chi connectivity index (χ0n) is 18.1. The molecule has 2 N–H and O–H groups in total. The Morgan fingerprint density at radius 1 is 1.06 bits per heavy atom. The molecule has 0 saturated carbocycles. The number of hydrogen-bond acceptors (Lipinski definition) is 4. The van der Waals surface area contributed by atoms with Crippen LogP contribution in [0.1, 0.15) is 5.56 Å². The van der Waals surface area contributed by atoms with Crippen molar-refractivity contribution in [2.75, 3.05) is 0 Å². The standard InChI is InChI=1S/C27H17Cl2FN4O/c28-22-3-1-2-15(25(22)30)10-21-24-14-27(29)9-8-20(34-27)12-18-5-4-16(31-18)11-17-6-7-19(32-17)13-23(33-24)26(21)35/h1-14,23,31,33H/b16-11?,18-12?,19-13?,21-10?,24-14+. The van der Waals surface area contributed by atoms with Gasteiger partial charge < -0.3 is 10.3 Å². The molecule has 4 aliphatic rings. The second-order valence-electron chi connectivity index (χ2n) is 8.46. The average Bonchev–Trinajstić information content (AvgIpc) is 3.58. The highest BCUT2D eigenvalue weighted by molar-refractivity contribution is 6.32. The molecule has 8 bridgehead atoms. The Hall–Kier alpha value is -3.74. The molecule has 0 aliphatic carbocycles. The zero-order chi connectivity index (χ0) is 24.2. The number of aliphatic imine (C=N–C) groups is 2. The average molecular weight is 503 g/mol. The molecule has 2 aromatic rings. The van der Waals surface area contributed by atoms with E-state index in [4.69, 9.17) is 23.2 Å². The predicted molar refractivity (Wildman–Crippen MR) is 138 cm³/mol. The summed E-state index contributed by atoms with van der Waals surface area (Å²) in [7, 11) is 0. The lowest BCUT2D eigenvalue weighted by molar-refractivity contribution is -0.114. The highest BCUT2D eigenvalue weighted by atomic mass is 35.5. The molecule has 2 atom stereocenters. The molecule has 8 heteroatoms. The number of H-pyrrole nitrogens is 1. The molecule has 1 fully saturated rings. The van der Waals surface area contributed by atoms with Crippen molar-refractivity contribution in [1.82, 2.24) is 10.3 Å². The van der Waals surface area contributed by atoms with Crippen LogP contribution in [0.15, 0.2) is 93.7 Å². The molecular formula is C27H17Cl2FN4O. The molecule has 2 unspecified atom stereocenters. The maximum absolute atomic E-state index is 14.7. The quantitative estimate of drug-likeness (QED) is 0.354. The number of aromatic nitrogens is 1. The number of fused-ring (bicyclic) bond motifs is 6. The predicted octanol–water partition coefficient (Wildman–Crippen LogP) is 3.73. The molecule has 1 aromatic carbocycles. The van der Waals surface area contributed by atoms with Crippen LogP contribution in [0.25, 0.3) is 18.2 Å². The van der Waals surface area contributed by atoms with Crippen LogP contribution in [-0.4, -0.2) is 33.2 Å². The summed E-state index contributed by atoms with van der Waals surface area (Å²) in [5, 5.41) is 4.94. The first kappa shape index (κ1) is 21.8. The van der Waals surface area contributed by atoms with Crippen molar-refractivity contribution in [1.29, 1.82) is 0 Å². The molecule has 0 amide bonds. The zero-order valence-corrected chi connectivity index (χ0v) is 19.6. The first-order valence-corrected chi connectivity index (χ1v) is 11.7. The highest BCUT2D eigenvalue weighted by Crippen LogP contribution is 2.33. The van der Waals surface area contributed by atoms with Crippen LogP contribution < -0.4 is 16.0 Å². The third-order valence-corrected chi connectivity index (χ3v) is 6.54. The molecular weight excluding hydrogens is 486 g/mol. The van der Waals surface area contributed by atoms with Gasteiger partial charge in [0.2, 0.25) is 0 Å². The molecule has 5 nitrogen and oxygen atoms in total. The van der Waals surface area contributed by atoms with Gasteiger partial charge in [-0.1, -0.05) is 35.3 Å². The number of carbonyl (C=O) groups is 1. The third-order valence-electron chi connectivity index (χ3n) is 5.92. The number of carbonyl (C=O) groups excluding carboxylic acids is 1. The number of ketones is 1. The van der Waals surface area contributed by atoms with Crippen LogP contribution in [0, 0.1) is 5.82 Å². The molecule has 4 aliphatic heterocycles. The Morgan fingerprint density at radius 3 is 2.69 bits per heavy atom. The van der Waals surface area contributed by atoms with Crippen molar-refractivity contribution in [3.05, 3.63) is 111 Å². The van der Waals surface area contributed by atoms with Gasteiger partial charge in [0.1, 0.15) is 11.9 Å². The van der Waals surface area contributed by atoms with E-state index in [0.29, 0.717) is 17.1 Å². The maximum atomic E-state index is 14.7. The number of rotatable bonds is 1. The van der Waals surface area contributed by atoms with Crippen LogP contribution in [0.5, 0.6) is 0 Å². The Bertz CT molecular complexity index is 1640. The largest absolute Gasteiger partial charge is 0.371 e. The van der Waals surface area contributed by atoms with Gasteiger partial charge in [-0.05, 0) is 72.9 Å². The fourth-order valence-electron chi connectivity index (χ4n) is 4.28. The second kappa shape index (κ2) is 8.18. The summed E-state index contributed by atoms with van der Waals surface area (Å²) in [6.07, 6.45) is 16.0. The van der Waals surface area contributed by atoms with Crippen LogP contribution in [0.4, 0.5) is 4.39 Å². The number of hydrogen-bond donors (Lipinski definition) is 2. The van der Waals surface area contributed by atoms with E-state index in [-0.39, 0.29) is 21.9 Å². The summed E-state index contributed by atoms with van der Waals surface area (Å²) < 4.78 is 14.7. The Morgan fingerprint density at radius 2 is 1.86 bits per heavy atom. The van der Waals surface area contributed by atoms with Crippen LogP contribution >= 0.6 is 23.2 Å². The lowest BCUT2D eigenvalue weighted by Crippen LogP contribution is -2.25. The Labute approximate surface area is 209 Å². The van der Waals surface area contributed by atoms with E-state index in [2.05, 4.69) is 20.3 Å². The molecule has 35 heavy (non-hydrogen) atoms. The van der Waals surface area contributed by atoms with Gasteiger partial charge in [0.25, 0.3) is 0 Å². The van der Waals surface area contributed by atoms with E-state index in [9.17, 15) is 9.18 Å². The summed E-state index contributed by atoms with van der Waals surface area (Å²) in [5.74, 6) is -0.834. The van der Waals surface area contributed by atoms with Crippen LogP contribution in [0.2, 0.25) is 5.02 Å². The molecule has 6 rings (SSSR count). The van der Waals surface area contributed by atoms with E-state index in [1.807, 2.05) is 42.5 Å². The van der Waals surface area contributed by atoms with Gasteiger partial charge >= 0.3 is 0 Å². The number of halogens is 3. The summed E-state index contributed by atoms with van der Waals surface area (Å²) in [6, 6.07) is 7.85. The van der Waals surface area contributed by atoms with Gasteiger partial charge in [-0.25, -0.2) is 9.38 Å². The molecule has 0 spiro atoms. The van der Waals surface area contributed by atoms with Gasteiger partial charge in [0, 0.05) is 27.5 Å². The fraction of sp³-hybridized carbons (Fsp3) is 0.0741. The van der Waals surface area contributed by atoms with E-state index in [0.717, 1.165) is 16.4 Å². The topological polar surface area (TPSA) is 69.6 Å². The van der Waals surface area contributed by atoms with Crippen molar-refractivity contribution in [3.63, 3.8) is 0 Å². The van der Waals surface area contributed by atoms with E-state index in [1.165, 1.54) is 12.1 Å². The lowest BCUT2D eigenvalue weighted by Gasteiger charge is -2.13. The second-order valence-corrected chi connectivity index (χ2v) is 9.47. The third kappa shape index (κ3) is 4.16. The number of allylic oxidation sites excluding steroid dienone is 4. The minimum absolute atomic E-state index is 0.0219. The van der Waals surface area contributed by atoms with E-state index in [1.54, 1.807) is 30.4 Å². The van der Waals surface area contributed by atoms with Crippen molar-refractivity contribution >= 4 is 58.6 Å². The molecule has 172 valence electrons. The fourth-order valence-corrected chi connectivity index (χ4v) is 4.73. The monoisotopic (exact) mass is 502 g/mol. The van der Waals surface area contributed by atoms with Gasteiger partial charge in [0.15, 0.2) is 10.8 Å². The van der Waals surface area contributed by atoms with Gasteiger partial charge in [-0.3, -0.25) is 9.79 Å². The lowest BCUT2D eigenvalue weighted by atomic mass is 10.0. The van der Waals surface area contributed by atoms with Crippen molar-refractivity contribution in [3.8, 4) is 0 Å². The van der Waals surface area contributed by atoms with Crippen molar-refractivity contribution < 1.29 is 9.18 Å². The van der Waals surface area contributed by atoms with Crippen molar-refractivity contribution in [2.45, 2.75) is 11.0 Å². The van der Waals surface area contributed by atoms with Crippen molar-refractivity contribution in [2.24, 2.45) is 9.98 Å². The molecule has 1 aromatic heterocycles. The Kier molecular flexibility index (Phi) is 5.09. The minimum atomic E-state index is -1.21. The van der Waals surface area contributed by atoms with Gasteiger partial charge in [-0.2, -0.15) is 0 Å². The first-order chi connectivity index (χ1) is 16.8. The first-order valence-electron chi connectivity index (χ1n) is 10.9. The number of aromatic amines is 1. The van der Waals surface area contributed by atoms with E-state index < -0.39 is 16.9 Å². The molecule has 0 radical (unpaired) electrons. The smallest absolute Gasteiger partial charge is 0.191 e. The number of alkyl halides is 1. The highest BCUT2D eigenvalue weighted by Gasteiger charge is 2.35. The SMILES string of the molecule is O=C1C(=Cc2cccc(Cl)c2F)/C2=C\C3(Cl)C=CC(=N3)C=c3ccc([nH]3)=CC3=NC(=CC1N2)C=C3. The number of Topliss-reactive ketones (excluding diaryl/α,β-unsaturated/α-hetero) is 1. The molecule has 1 saturated heterocycles. The summed E-state index contributed by atoms with van der Waals surface area (Å²) in [5.41, 5.74) is 3.01. The number of nitrogens with zero attached hydrogens (tertiary/aromatic N) is 2. The number of nitrogens with one attached hydrogen (secondary N) is 2. The van der Waals surface area contributed by atoms with Crippen LogP contribution in [-0.2, 0) is 4.79 Å². The minimum Gasteiger partial charge on any atom is -0.371 e. The summed E-state index contributed by atoms with van der Waals surface area (Å²) in [6.45, 7) is 0. The maximum Gasteiger partial charge on any atom is 0.191 e. The van der Waals surface area contributed by atoms with Crippen LogP contribution in [0.3, 0.4) is 0 Å². The van der Waals surface area contributed by atoms with Gasteiger partial charge in [-0.15, -0.1) is 0 Å². The number of benzene rings is 1.